The van der Waals surface area contributed by atoms with Crippen molar-refractivity contribution in [2.45, 2.75) is 39.0 Å². The first kappa shape index (κ1) is 24.7. The van der Waals surface area contributed by atoms with E-state index in [9.17, 15) is 14.4 Å². The third kappa shape index (κ3) is 4.62. The van der Waals surface area contributed by atoms with E-state index in [0.29, 0.717) is 34.7 Å². The monoisotopic (exact) mass is 495 g/mol. The minimum Gasteiger partial charge on any atom is -0.497 e. The molecule has 0 fully saturated rings. The van der Waals surface area contributed by atoms with Crippen LogP contribution in [0.3, 0.4) is 0 Å². The summed E-state index contributed by atoms with van der Waals surface area (Å²) in [5, 5.41) is 5.22. The van der Waals surface area contributed by atoms with E-state index in [2.05, 4.69) is 5.32 Å². The van der Waals surface area contributed by atoms with Gasteiger partial charge in [-0.1, -0.05) is 18.2 Å². The minimum absolute atomic E-state index is 0.166. The molecule has 0 saturated carbocycles. The summed E-state index contributed by atoms with van der Waals surface area (Å²) in [6, 6.07) is 11.2. The first-order valence-corrected chi connectivity index (χ1v) is 12.5. The Kier molecular flexibility index (Phi) is 7.40. The lowest BCUT2D eigenvalue weighted by Gasteiger charge is -2.39. The largest absolute Gasteiger partial charge is 0.497 e. The maximum absolute atomic E-state index is 14.2. The number of hydrogen-bond donors (Lipinski definition) is 1. The highest BCUT2D eigenvalue weighted by Gasteiger charge is 2.49. The predicted octanol–water partition coefficient (Wildman–Crippen LogP) is 4.47. The highest BCUT2D eigenvalue weighted by Crippen LogP contribution is 2.49. The molecular weight excluding hydrogens is 466 g/mol. The number of benzene rings is 1. The number of carbonyl (C=O) groups is 3. The Morgan fingerprint density at radius 3 is 2.54 bits per heavy atom. The molecule has 0 unspecified atom stereocenters. The van der Waals surface area contributed by atoms with E-state index in [1.165, 1.54) is 11.3 Å². The molecule has 1 aromatic heterocycles. The van der Waals surface area contributed by atoms with Crippen LogP contribution in [0.1, 0.15) is 49.5 Å². The second kappa shape index (κ2) is 10.5. The van der Waals surface area contributed by atoms with Gasteiger partial charge < -0.3 is 19.5 Å². The van der Waals surface area contributed by atoms with Gasteiger partial charge in [0.15, 0.2) is 5.78 Å². The summed E-state index contributed by atoms with van der Waals surface area (Å²) < 4.78 is 16.1. The number of nitrogens with one attached hydrogen (secondary N) is 1. The van der Waals surface area contributed by atoms with Crippen LogP contribution in [0.25, 0.3) is 0 Å². The van der Waals surface area contributed by atoms with Gasteiger partial charge in [-0.3, -0.25) is 9.59 Å². The number of allylic oxidation sites excluding steroid dienone is 3. The van der Waals surface area contributed by atoms with Crippen LogP contribution < -0.4 is 10.1 Å². The molecule has 184 valence electrons. The molecule has 1 aliphatic heterocycles. The molecule has 0 spiro atoms. The van der Waals surface area contributed by atoms with Gasteiger partial charge in [0.1, 0.15) is 11.7 Å². The molecule has 0 radical (unpaired) electrons. The number of methoxy groups -OCH3 is 1. The Hall–Kier alpha value is -3.39. The van der Waals surface area contributed by atoms with Crippen molar-refractivity contribution in [1.82, 2.24) is 5.32 Å². The van der Waals surface area contributed by atoms with Crippen LogP contribution in [-0.4, -0.2) is 38.0 Å². The Morgan fingerprint density at radius 2 is 1.89 bits per heavy atom. The summed E-state index contributed by atoms with van der Waals surface area (Å²) in [4.78, 5) is 41.2. The van der Waals surface area contributed by atoms with E-state index in [0.717, 1.165) is 10.4 Å². The zero-order chi connectivity index (χ0) is 25.1. The Bertz CT molecular complexity index is 1200. The van der Waals surface area contributed by atoms with E-state index < -0.39 is 29.7 Å². The fraction of sp³-hybridized carbons (Fsp3) is 0.370. The number of carbonyl (C=O) groups excluding carboxylic acids is 3. The van der Waals surface area contributed by atoms with E-state index in [1.54, 1.807) is 21.0 Å². The quantitative estimate of drug-likeness (QED) is 0.448. The summed E-state index contributed by atoms with van der Waals surface area (Å²) in [6.45, 7) is 5.67. The molecule has 3 atom stereocenters. The Balaban J connectivity index is 1.87. The fourth-order valence-corrected chi connectivity index (χ4v) is 5.78. The number of dihydropyridines is 1. The molecule has 0 bridgehead atoms. The molecule has 1 N–H and O–H groups in total. The first-order valence-electron chi connectivity index (χ1n) is 11.7. The smallest absolute Gasteiger partial charge is 0.336 e. The van der Waals surface area contributed by atoms with Crippen LogP contribution in [0.15, 0.2) is 64.3 Å². The van der Waals surface area contributed by atoms with Crippen molar-refractivity contribution in [3.8, 4) is 5.75 Å². The van der Waals surface area contributed by atoms with E-state index in [-0.39, 0.29) is 19.0 Å². The van der Waals surface area contributed by atoms with Crippen LogP contribution in [0.5, 0.6) is 5.75 Å². The van der Waals surface area contributed by atoms with Crippen LogP contribution in [0.2, 0.25) is 0 Å². The van der Waals surface area contributed by atoms with Crippen molar-refractivity contribution < 1.29 is 28.6 Å². The normalized spacial score (nSPS) is 21.8. The lowest BCUT2D eigenvalue weighted by Crippen LogP contribution is -2.43. The third-order valence-corrected chi connectivity index (χ3v) is 7.34. The Labute approximate surface area is 208 Å². The number of thiophene rings is 1. The van der Waals surface area contributed by atoms with Gasteiger partial charge in [-0.2, -0.15) is 0 Å². The maximum Gasteiger partial charge on any atom is 0.336 e. The van der Waals surface area contributed by atoms with Crippen LogP contribution in [0.4, 0.5) is 0 Å². The topological polar surface area (TPSA) is 90.9 Å². The summed E-state index contributed by atoms with van der Waals surface area (Å²) in [5.41, 5.74) is 3.00. The summed E-state index contributed by atoms with van der Waals surface area (Å²) >= 11 is 1.46. The molecule has 2 aliphatic rings. The number of ether oxygens (including phenoxy) is 3. The van der Waals surface area contributed by atoms with E-state index >= 15 is 0 Å². The van der Waals surface area contributed by atoms with Gasteiger partial charge >= 0.3 is 11.9 Å². The lowest BCUT2D eigenvalue weighted by atomic mass is 9.68. The molecule has 1 aliphatic carbocycles. The fourth-order valence-electron chi connectivity index (χ4n) is 4.94. The van der Waals surface area contributed by atoms with Crippen molar-refractivity contribution in [2.24, 2.45) is 5.92 Å². The van der Waals surface area contributed by atoms with Crippen LogP contribution in [0, 0.1) is 5.92 Å². The summed E-state index contributed by atoms with van der Waals surface area (Å²) in [6.07, 6.45) is 0.410. The van der Waals surface area contributed by atoms with Gasteiger partial charge in [-0.25, -0.2) is 4.79 Å². The highest BCUT2D eigenvalue weighted by molar-refractivity contribution is 7.10. The number of ketones is 1. The lowest BCUT2D eigenvalue weighted by molar-refractivity contribution is -0.152. The van der Waals surface area contributed by atoms with Crippen molar-refractivity contribution >= 4 is 29.1 Å². The molecule has 4 rings (SSSR count). The second-order valence-electron chi connectivity index (χ2n) is 8.41. The third-order valence-electron chi connectivity index (χ3n) is 6.40. The van der Waals surface area contributed by atoms with Crippen molar-refractivity contribution in [1.29, 1.82) is 0 Å². The molecule has 35 heavy (non-hydrogen) atoms. The van der Waals surface area contributed by atoms with Gasteiger partial charge in [0, 0.05) is 27.8 Å². The first-order chi connectivity index (χ1) is 16.9. The average molecular weight is 496 g/mol. The van der Waals surface area contributed by atoms with Crippen LogP contribution in [-0.2, 0) is 23.9 Å². The van der Waals surface area contributed by atoms with Gasteiger partial charge in [0.25, 0.3) is 0 Å². The van der Waals surface area contributed by atoms with Gasteiger partial charge in [0.2, 0.25) is 0 Å². The Morgan fingerprint density at radius 1 is 1.11 bits per heavy atom. The standard InChI is InChI=1S/C27H29NO6S/c1-5-33-26(30)21-15(3)28-19-14-18(16-9-7-10-17(13-16)32-4)22(27(31)34-6-2)25(29)23(19)24(21)20-11-8-12-35-20/h7-13,18,22,24,28H,5-6,14H2,1-4H3/t18-,22-,24+/m0/s1. The number of Topliss-reactive ketones (excluding diaryl/α,β-unsaturated/α-hetero) is 1. The van der Waals surface area contributed by atoms with Crippen molar-refractivity contribution in [3.63, 3.8) is 0 Å². The molecule has 7 nitrogen and oxygen atoms in total. The highest BCUT2D eigenvalue weighted by atomic mass is 32.1. The average Bonchev–Trinajstić information content (AvgIpc) is 3.38. The van der Waals surface area contributed by atoms with Crippen molar-refractivity contribution in [3.05, 3.63) is 74.8 Å². The molecule has 8 heteroatoms. The SMILES string of the molecule is CCOC(=O)C1=C(C)NC2=C(C(=O)[C@@H](C(=O)OCC)[C@H](c3cccc(OC)c3)C2)[C@@H]1c1cccs1. The van der Waals surface area contributed by atoms with Crippen molar-refractivity contribution in [2.75, 3.05) is 20.3 Å². The molecule has 0 saturated heterocycles. The molecule has 1 aromatic carbocycles. The number of hydrogen-bond acceptors (Lipinski definition) is 8. The van der Waals surface area contributed by atoms with E-state index in [4.69, 9.17) is 14.2 Å². The minimum atomic E-state index is -1.04. The van der Waals surface area contributed by atoms with E-state index in [1.807, 2.05) is 48.7 Å². The summed E-state index contributed by atoms with van der Waals surface area (Å²) in [7, 11) is 1.58. The molecular formula is C27H29NO6S. The van der Waals surface area contributed by atoms with Crippen LogP contribution >= 0.6 is 11.3 Å². The molecule has 2 aromatic rings. The molecule has 2 heterocycles. The summed E-state index contributed by atoms with van der Waals surface area (Å²) in [5.74, 6) is -2.82. The van der Waals surface area contributed by atoms with Gasteiger partial charge in [-0.05, 0) is 56.3 Å². The zero-order valence-corrected chi connectivity index (χ0v) is 21.1. The molecule has 0 amide bonds. The maximum atomic E-state index is 14.2. The predicted molar refractivity (Wildman–Crippen MR) is 132 cm³/mol. The zero-order valence-electron chi connectivity index (χ0n) is 20.3. The number of rotatable bonds is 7. The second-order valence-corrected chi connectivity index (χ2v) is 9.39. The number of esters is 2. The van der Waals surface area contributed by atoms with Gasteiger partial charge in [0.05, 0.1) is 31.8 Å². The van der Waals surface area contributed by atoms with Gasteiger partial charge in [-0.15, -0.1) is 11.3 Å².